The number of thioether (sulfide) groups is 1. The van der Waals surface area contributed by atoms with E-state index < -0.39 is 0 Å². The van der Waals surface area contributed by atoms with Gasteiger partial charge in [0.25, 0.3) is 5.91 Å². The van der Waals surface area contributed by atoms with Crippen molar-refractivity contribution in [3.63, 3.8) is 0 Å². The largest absolute Gasteiger partial charge is 0.379 e. The topological polar surface area (TPSA) is 57.7 Å². The number of amides is 1. The van der Waals surface area contributed by atoms with Crippen LogP contribution in [-0.2, 0) is 4.74 Å². The van der Waals surface area contributed by atoms with Crippen LogP contribution in [0.15, 0.2) is 18.3 Å². The molecule has 6 nitrogen and oxygen atoms in total. The molecule has 2 unspecified atom stereocenters. The van der Waals surface area contributed by atoms with Crippen LogP contribution in [0.3, 0.4) is 0 Å². The van der Waals surface area contributed by atoms with Gasteiger partial charge in [-0.05, 0) is 25.5 Å². The summed E-state index contributed by atoms with van der Waals surface area (Å²) in [6.07, 6.45) is 2.88. The second kappa shape index (κ2) is 7.37. The number of nitrogens with one attached hydrogen (secondary N) is 1. The Bertz CT molecular complexity index is 659. The van der Waals surface area contributed by atoms with Gasteiger partial charge in [0.2, 0.25) is 0 Å². The number of nitrogens with zero attached hydrogens (tertiary/aromatic N) is 3. The molecule has 0 radical (unpaired) electrons. The van der Waals surface area contributed by atoms with Crippen LogP contribution in [0.4, 0.5) is 5.82 Å². The van der Waals surface area contributed by atoms with E-state index >= 15 is 0 Å². The van der Waals surface area contributed by atoms with Gasteiger partial charge < -0.3 is 15.0 Å². The van der Waals surface area contributed by atoms with Crippen LogP contribution in [0.1, 0.15) is 30.6 Å². The highest BCUT2D eigenvalue weighted by Gasteiger charge is 2.46. The van der Waals surface area contributed by atoms with Crippen LogP contribution >= 0.6 is 11.8 Å². The van der Waals surface area contributed by atoms with Crippen molar-refractivity contribution in [2.75, 3.05) is 50.5 Å². The van der Waals surface area contributed by atoms with E-state index in [1.54, 1.807) is 6.20 Å². The van der Waals surface area contributed by atoms with Crippen molar-refractivity contribution in [1.82, 2.24) is 14.8 Å². The zero-order valence-electron chi connectivity index (χ0n) is 15.6. The molecule has 3 saturated heterocycles. The van der Waals surface area contributed by atoms with Crippen molar-refractivity contribution in [2.45, 2.75) is 37.1 Å². The number of pyridine rings is 1. The van der Waals surface area contributed by atoms with Crippen LogP contribution in [0.25, 0.3) is 0 Å². The van der Waals surface area contributed by atoms with E-state index in [9.17, 15) is 4.79 Å². The summed E-state index contributed by atoms with van der Waals surface area (Å²) in [5, 5.41) is 4.17. The zero-order chi connectivity index (χ0) is 18.1. The summed E-state index contributed by atoms with van der Waals surface area (Å²) in [5.41, 5.74) is 0.772. The quantitative estimate of drug-likeness (QED) is 0.867. The Morgan fingerprint density at radius 2 is 2.15 bits per heavy atom. The third-order valence-corrected chi connectivity index (χ3v) is 7.06. The number of ether oxygens (including phenoxy) is 1. The number of rotatable bonds is 4. The lowest BCUT2D eigenvalue weighted by Crippen LogP contribution is -2.71. The average Bonchev–Trinajstić information content (AvgIpc) is 3.04. The molecule has 4 heterocycles. The van der Waals surface area contributed by atoms with Crippen LogP contribution in [0, 0.1) is 0 Å². The molecule has 2 atom stereocenters. The summed E-state index contributed by atoms with van der Waals surface area (Å²) in [6, 6.07) is 4.14. The first-order valence-electron chi connectivity index (χ1n) is 9.50. The molecule has 0 spiro atoms. The summed E-state index contributed by atoms with van der Waals surface area (Å²) in [7, 11) is 0. The van der Waals surface area contributed by atoms with Crippen LogP contribution < -0.4 is 5.32 Å². The molecule has 7 heteroatoms. The van der Waals surface area contributed by atoms with Gasteiger partial charge in [0, 0.05) is 49.4 Å². The van der Waals surface area contributed by atoms with Crippen LogP contribution in [0.2, 0.25) is 0 Å². The number of carbonyl (C=O) groups excluding carboxylic acids is 1. The van der Waals surface area contributed by atoms with E-state index in [0.29, 0.717) is 16.9 Å². The maximum absolute atomic E-state index is 13.1. The Labute approximate surface area is 159 Å². The first kappa shape index (κ1) is 18.1. The molecule has 1 aromatic rings. The maximum Gasteiger partial charge on any atom is 0.257 e. The monoisotopic (exact) mass is 376 g/mol. The van der Waals surface area contributed by atoms with Crippen LogP contribution in [0.5, 0.6) is 0 Å². The molecule has 0 aliphatic carbocycles. The highest BCUT2D eigenvalue weighted by atomic mass is 32.2. The number of aromatic nitrogens is 1. The zero-order valence-corrected chi connectivity index (χ0v) is 16.4. The third kappa shape index (κ3) is 3.57. The molecule has 0 aromatic carbocycles. The predicted octanol–water partition coefficient (Wildman–Crippen LogP) is 1.93. The number of morpholine rings is 1. The maximum atomic E-state index is 13.1. The fourth-order valence-corrected chi connectivity index (χ4v) is 5.35. The summed E-state index contributed by atoms with van der Waals surface area (Å²) in [6.45, 7) is 9.54. The number of hydrogen-bond donors (Lipinski definition) is 1. The molecule has 0 saturated carbocycles. The second-order valence-corrected chi connectivity index (χ2v) is 9.35. The molecule has 0 bridgehead atoms. The first-order chi connectivity index (χ1) is 12.5. The highest BCUT2D eigenvalue weighted by Crippen LogP contribution is 2.32. The minimum atomic E-state index is 0.0762. The summed E-state index contributed by atoms with van der Waals surface area (Å²) in [5.74, 6) is 1.90. The van der Waals surface area contributed by atoms with E-state index in [2.05, 4.69) is 29.0 Å². The van der Waals surface area contributed by atoms with Crippen molar-refractivity contribution in [1.29, 1.82) is 0 Å². The molecule has 142 valence electrons. The molecule has 1 aromatic heterocycles. The molecular weight excluding hydrogens is 348 g/mol. The fourth-order valence-electron chi connectivity index (χ4n) is 4.20. The van der Waals surface area contributed by atoms with Gasteiger partial charge in [-0.2, -0.15) is 11.8 Å². The van der Waals surface area contributed by atoms with Gasteiger partial charge in [0.15, 0.2) is 0 Å². The van der Waals surface area contributed by atoms with Crippen molar-refractivity contribution < 1.29 is 9.53 Å². The van der Waals surface area contributed by atoms with Gasteiger partial charge in [0.05, 0.1) is 24.3 Å². The van der Waals surface area contributed by atoms with Gasteiger partial charge in [-0.25, -0.2) is 4.98 Å². The molecule has 1 N–H and O–H groups in total. The third-order valence-electron chi connectivity index (χ3n) is 5.70. The fraction of sp³-hybridized carbons (Fsp3) is 0.684. The summed E-state index contributed by atoms with van der Waals surface area (Å²) in [4.78, 5) is 21.9. The average molecular weight is 377 g/mol. The second-order valence-electron chi connectivity index (χ2n) is 7.88. The van der Waals surface area contributed by atoms with E-state index in [-0.39, 0.29) is 11.4 Å². The molecule has 26 heavy (non-hydrogen) atoms. The Morgan fingerprint density at radius 3 is 2.85 bits per heavy atom. The molecular formula is C19H28N4O2S. The minimum Gasteiger partial charge on any atom is -0.379 e. The van der Waals surface area contributed by atoms with Gasteiger partial charge >= 0.3 is 0 Å². The normalized spacial score (nSPS) is 28.6. The van der Waals surface area contributed by atoms with Gasteiger partial charge in [-0.15, -0.1) is 0 Å². The lowest BCUT2D eigenvalue weighted by Gasteiger charge is -2.55. The first-order valence-corrected chi connectivity index (χ1v) is 10.6. The lowest BCUT2D eigenvalue weighted by atomic mass is 9.88. The van der Waals surface area contributed by atoms with Crippen molar-refractivity contribution in [3.8, 4) is 0 Å². The number of likely N-dealkylation sites (tertiary alicyclic amines) is 1. The Morgan fingerprint density at radius 1 is 1.38 bits per heavy atom. The minimum absolute atomic E-state index is 0.0762. The Hall–Kier alpha value is -1.31. The molecule has 3 aliphatic heterocycles. The number of anilines is 1. The lowest BCUT2D eigenvalue weighted by molar-refractivity contribution is -0.0739. The molecule has 4 rings (SSSR count). The van der Waals surface area contributed by atoms with Gasteiger partial charge in [0.1, 0.15) is 5.82 Å². The van der Waals surface area contributed by atoms with E-state index in [1.165, 1.54) is 0 Å². The van der Waals surface area contributed by atoms with E-state index in [4.69, 9.17) is 4.74 Å². The smallest absolute Gasteiger partial charge is 0.257 e. The standard InChI is InChI=1S/C19H28N4O2S/c1-14-10-15(11-26-14)21-17-16(4-3-5-20-17)18(24)22-12-19(2,13-22)23-6-8-25-9-7-23/h3-5,14-15H,6-13H2,1-2H3,(H,20,21). The van der Waals surface area contributed by atoms with Crippen molar-refractivity contribution >= 4 is 23.5 Å². The Balaban J connectivity index is 1.41. The molecule has 3 aliphatic rings. The van der Waals surface area contributed by atoms with Crippen molar-refractivity contribution in [2.24, 2.45) is 0 Å². The number of hydrogen-bond acceptors (Lipinski definition) is 6. The number of carbonyl (C=O) groups is 1. The van der Waals surface area contributed by atoms with Gasteiger partial charge in [-0.1, -0.05) is 6.92 Å². The molecule has 1 amide bonds. The SMILES string of the molecule is CC1CC(Nc2ncccc2C(=O)N2CC(C)(N3CCOCC3)C2)CS1. The highest BCUT2D eigenvalue weighted by molar-refractivity contribution is 8.00. The van der Waals surface area contributed by atoms with E-state index in [0.717, 1.165) is 57.4 Å². The summed E-state index contributed by atoms with van der Waals surface area (Å²) >= 11 is 1.98. The predicted molar refractivity (Wildman–Crippen MR) is 105 cm³/mol. The van der Waals surface area contributed by atoms with Gasteiger partial charge in [-0.3, -0.25) is 9.69 Å². The summed E-state index contributed by atoms with van der Waals surface area (Å²) < 4.78 is 5.45. The Kier molecular flexibility index (Phi) is 5.12. The van der Waals surface area contributed by atoms with Crippen molar-refractivity contribution in [3.05, 3.63) is 23.9 Å². The van der Waals surface area contributed by atoms with E-state index in [1.807, 2.05) is 28.8 Å². The van der Waals surface area contributed by atoms with Crippen LogP contribution in [-0.4, -0.2) is 82.7 Å². The molecule has 3 fully saturated rings.